The lowest BCUT2D eigenvalue weighted by molar-refractivity contribution is 0.102. The highest BCUT2D eigenvalue weighted by Crippen LogP contribution is 2.24. The first-order valence-electron chi connectivity index (χ1n) is 5.22. The van der Waals surface area contributed by atoms with E-state index in [1.807, 2.05) is 0 Å². The van der Waals surface area contributed by atoms with Crippen molar-refractivity contribution >= 4 is 28.9 Å². The number of anilines is 2. The van der Waals surface area contributed by atoms with Gasteiger partial charge in [-0.1, -0.05) is 23.7 Å². The molecule has 4 nitrogen and oxygen atoms in total. The molecule has 0 aliphatic heterocycles. The zero-order chi connectivity index (χ0) is 13.1. The van der Waals surface area contributed by atoms with E-state index in [2.05, 4.69) is 5.32 Å². The molecule has 2 rings (SSSR count). The van der Waals surface area contributed by atoms with Crippen molar-refractivity contribution in [3.8, 4) is 5.75 Å². The summed E-state index contributed by atoms with van der Waals surface area (Å²) >= 11 is 5.78. The highest BCUT2D eigenvalue weighted by atomic mass is 35.5. The molecule has 18 heavy (non-hydrogen) atoms. The van der Waals surface area contributed by atoms with Crippen molar-refractivity contribution in [3.63, 3.8) is 0 Å². The average molecular weight is 263 g/mol. The minimum absolute atomic E-state index is 0.103. The lowest BCUT2D eigenvalue weighted by Gasteiger charge is -2.09. The predicted molar refractivity (Wildman–Crippen MR) is 71.9 cm³/mol. The third kappa shape index (κ3) is 2.55. The summed E-state index contributed by atoms with van der Waals surface area (Å²) in [7, 11) is 0. The molecule has 0 fully saturated rings. The molecule has 0 saturated heterocycles. The molecule has 0 heterocycles. The molecule has 4 N–H and O–H groups in total. The Bertz CT molecular complexity index is 599. The number of nitrogens with two attached hydrogens (primary N) is 1. The maximum atomic E-state index is 12.0. The first-order valence-corrected chi connectivity index (χ1v) is 5.60. The molecule has 2 aromatic carbocycles. The van der Waals surface area contributed by atoms with Crippen molar-refractivity contribution in [2.75, 3.05) is 11.1 Å². The number of rotatable bonds is 2. The third-order valence-electron chi connectivity index (χ3n) is 2.41. The first-order chi connectivity index (χ1) is 8.58. The van der Waals surface area contributed by atoms with Gasteiger partial charge < -0.3 is 16.2 Å². The summed E-state index contributed by atoms with van der Waals surface area (Å²) in [6, 6.07) is 11.1. The van der Waals surface area contributed by atoms with Crippen molar-refractivity contribution < 1.29 is 9.90 Å². The van der Waals surface area contributed by atoms with Crippen molar-refractivity contribution in [2.45, 2.75) is 0 Å². The number of amides is 1. The van der Waals surface area contributed by atoms with E-state index in [0.717, 1.165) is 0 Å². The number of benzene rings is 2. The Labute approximate surface area is 109 Å². The summed E-state index contributed by atoms with van der Waals surface area (Å²) in [6.07, 6.45) is 0. The van der Waals surface area contributed by atoms with Gasteiger partial charge in [0.05, 0.1) is 16.9 Å². The zero-order valence-corrected chi connectivity index (χ0v) is 10.1. The van der Waals surface area contributed by atoms with E-state index in [1.54, 1.807) is 24.3 Å². The van der Waals surface area contributed by atoms with Crippen LogP contribution in [0.15, 0.2) is 42.5 Å². The predicted octanol–water partition coefficient (Wildman–Crippen LogP) is 2.88. The number of carbonyl (C=O) groups is 1. The van der Waals surface area contributed by atoms with Crippen LogP contribution in [0.5, 0.6) is 5.75 Å². The van der Waals surface area contributed by atoms with Crippen LogP contribution in [0.2, 0.25) is 5.02 Å². The number of nitrogen functional groups attached to an aromatic ring is 1. The number of nitrogens with one attached hydrogen (secondary N) is 1. The van der Waals surface area contributed by atoms with Gasteiger partial charge in [0.15, 0.2) is 0 Å². The lowest BCUT2D eigenvalue weighted by atomic mass is 10.1. The van der Waals surface area contributed by atoms with E-state index >= 15 is 0 Å². The summed E-state index contributed by atoms with van der Waals surface area (Å²) in [5.41, 5.74) is 6.75. The number of phenolic OH excluding ortho intramolecular Hbond substituents is 1. The van der Waals surface area contributed by atoms with Gasteiger partial charge in [0.2, 0.25) is 0 Å². The Morgan fingerprint density at radius 1 is 1.22 bits per heavy atom. The number of hydrogen-bond acceptors (Lipinski definition) is 3. The van der Waals surface area contributed by atoms with E-state index in [0.29, 0.717) is 16.4 Å². The Kier molecular flexibility index (Phi) is 3.39. The van der Waals surface area contributed by atoms with Crippen LogP contribution in [0.25, 0.3) is 0 Å². The summed E-state index contributed by atoms with van der Waals surface area (Å²) in [5, 5.41) is 12.6. The monoisotopic (exact) mass is 262 g/mol. The minimum Gasteiger partial charge on any atom is -0.507 e. The number of halogens is 1. The van der Waals surface area contributed by atoms with Gasteiger partial charge in [-0.05, 0) is 30.3 Å². The number of para-hydroxylation sites is 2. The number of phenols is 1. The zero-order valence-electron chi connectivity index (χ0n) is 9.35. The fraction of sp³-hybridized carbons (Fsp3) is 0. The second kappa shape index (κ2) is 4.98. The molecule has 5 heteroatoms. The standard InChI is InChI=1S/C13H11ClN2O2/c14-8-5-6-12(17)9(7-8)13(18)16-11-4-2-1-3-10(11)15/h1-7,17H,15H2,(H,16,18). The summed E-state index contributed by atoms with van der Waals surface area (Å²) in [4.78, 5) is 12.0. The summed E-state index contributed by atoms with van der Waals surface area (Å²) in [5.74, 6) is -0.598. The van der Waals surface area contributed by atoms with Gasteiger partial charge in [0.25, 0.3) is 5.91 Å². The molecule has 0 bridgehead atoms. The van der Waals surface area contributed by atoms with Crippen LogP contribution in [0.3, 0.4) is 0 Å². The highest BCUT2D eigenvalue weighted by Gasteiger charge is 2.12. The molecule has 1 amide bonds. The summed E-state index contributed by atoms with van der Waals surface area (Å²) < 4.78 is 0. The Balaban J connectivity index is 2.28. The van der Waals surface area contributed by atoms with Crippen LogP contribution in [-0.2, 0) is 0 Å². The molecule has 0 atom stereocenters. The van der Waals surface area contributed by atoms with E-state index in [1.165, 1.54) is 18.2 Å². The largest absolute Gasteiger partial charge is 0.507 e. The number of carbonyl (C=O) groups excluding carboxylic acids is 1. The van der Waals surface area contributed by atoms with Crippen molar-refractivity contribution in [3.05, 3.63) is 53.1 Å². The van der Waals surface area contributed by atoms with Crippen molar-refractivity contribution in [1.29, 1.82) is 0 Å². The van der Waals surface area contributed by atoms with E-state index in [4.69, 9.17) is 17.3 Å². The topological polar surface area (TPSA) is 75.3 Å². The van der Waals surface area contributed by atoms with E-state index < -0.39 is 5.91 Å². The molecular weight excluding hydrogens is 252 g/mol. The van der Waals surface area contributed by atoms with Gasteiger partial charge in [0, 0.05) is 5.02 Å². The van der Waals surface area contributed by atoms with Gasteiger partial charge in [-0.3, -0.25) is 4.79 Å². The second-order valence-electron chi connectivity index (χ2n) is 3.70. The SMILES string of the molecule is Nc1ccccc1NC(=O)c1cc(Cl)ccc1O. The third-order valence-corrected chi connectivity index (χ3v) is 2.65. The quantitative estimate of drug-likeness (QED) is 0.729. The van der Waals surface area contributed by atoms with Gasteiger partial charge in [-0.25, -0.2) is 0 Å². The molecule has 0 unspecified atom stereocenters. The van der Waals surface area contributed by atoms with Gasteiger partial charge >= 0.3 is 0 Å². The van der Waals surface area contributed by atoms with Crippen LogP contribution < -0.4 is 11.1 Å². The molecule has 2 aromatic rings. The van der Waals surface area contributed by atoms with Crippen LogP contribution in [0, 0.1) is 0 Å². The lowest BCUT2D eigenvalue weighted by Crippen LogP contribution is -2.13. The van der Waals surface area contributed by atoms with Crippen LogP contribution in [-0.4, -0.2) is 11.0 Å². The Morgan fingerprint density at radius 2 is 1.94 bits per heavy atom. The van der Waals surface area contributed by atoms with Gasteiger partial charge in [0.1, 0.15) is 5.75 Å². The Morgan fingerprint density at radius 3 is 2.67 bits per heavy atom. The second-order valence-corrected chi connectivity index (χ2v) is 4.14. The maximum absolute atomic E-state index is 12.0. The molecule has 0 aliphatic carbocycles. The highest BCUT2D eigenvalue weighted by molar-refractivity contribution is 6.31. The summed E-state index contributed by atoms with van der Waals surface area (Å²) in [6.45, 7) is 0. The van der Waals surface area contributed by atoms with Crippen LogP contribution in [0.1, 0.15) is 10.4 Å². The molecule has 0 aliphatic rings. The Hall–Kier alpha value is -2.20. The molecule has 0 radical (unpaired) electrons. The minimum atomic E-state index is -0.465. The fourth-order valence-corrected chi connectivity index (χ4v) is 1.66. The average Bonchev–Trinajstić information content (AvgIpc) is 2.35. The number of hydrogen-bond donors (Lipinski definition) is 3. The van der Waals surface area contributed by atoms with Crippen molar-refractivity contribution in [2.24, 2.45) is 0 Å². The maximum Gasteiger partial charge on any atom is 0.259 e. The molecule has 92 valence electrons. The molecule has 0 saturated carbocycles. The van der Waals surface area contributed by atoms with E-state index in [-0.39, 0.29) is 11.3 Å². The van der Waals surface area contributed by atoms with Crippen LogP contribution in [0.4, 0.5) is 11.4 Å². The fourth-order valence-electron chi connectivity index (χ4n) is 1.49. The normalized spacial score (nSPS) is 10.1. The van der Waals surface area contributed by atoms with Gasteiger partial charge in [-0.15, -0.1) is 0 Å². The van der Waals surface area contributed by atoms with Crippen LogP contribution >= 0.6 is 11.6 Å². The van der Waals surface area contributed by atoms with Gasteiger partial charge in [-0.2, -0.15) is 0 Å². The van der Waals surface area contributed by atoms with E-state index in [9.17, 15) is 9.90 Å². The molecular formula is C13H11ClN2O2. The number of aromatic hydroxyl groups is 1. The molecule has 0 aromatic heterocycles. The molecule has 0 spiro atoms. The first kappa shape index (κ1) is 12.3. The van der Waals surface area contributed by atoms with Crippen molar-refractivity contribution in [1.82, 2.24) is 0 Å². The smallest absolute Gasteiger partial charge is 0.259 e.